The van der Waals surface area contributed by atoms with E-state index in [2.05, 4.69) is 10.1 Å². The number of nitrogens with zero attached hydrogens (tertiary/aromatic N) is 3. The minimum absolute atomic E-state index is 0.131. The maximum Gasteiger partial charge on any atom is 0.416 e. The molecule has 0 spiro atoms. The summed E-state index contributed by atoms with van der Waals surface area (Å²) < 4.78 is 54.1. The number of anilines is 1. The van der Waals surface area contributed by atoms with Crippen molar-refractivity contribution in [2.75, 3.05) is 25.7 Å². The van der Waals surface area contributed by atoms with Crippen LogP contribution < -0.4 is 14.4 Å². The maximum absolute atomic E-state index is 12.8. The van der Waals surface area contributed by atoms with Crippen LogP contribution in [0, 0.1) is 0 Å². The second-order valence-corrected chi connectivity index (χ2v) is 6.98. The molecule has 162 valence electrons. The van der Waals surface area contributed by atoms with Gasteiger partial charge in [-0.2, -0.15) is 18.2 Å². The Kier molecular flexibility index (Phi) is 5.30. The highest BCUT2D eigenvalue weighted by molar-refractivity contribution is 5.96. The van der Waals surface area contributed by atoms with Gasteiger partial charge in [-0.1, -0.05) is 5.16 Å². The van der Waals surface area contributed by atoms with E-state index in [1.165, 1.54) is 31.3 Å². The zero-order chi connectivity index (χ0) is 22.2. The lowest BCUT2D eigenvalue weighted by Gasteiger charge is -2.17. The molecular formula is C21H18F3N3O4. The first kappa shape index (κ1) is 20.7. The summed E-state index contributed by atoms with van der Waals surface area (Å²) in [4.78, 5) is 18.3. The molecular weight excluding hydrogens is 415 g/mol. The lowest BCUT2D eigenvalue weighted by Crippen LogP contribution is -2.24. The van der Waals surface area contributed by atoms with E-state index in [9.17, 15) is 18.0 Å². The molecule has 10 heteroatoms. The van der Waals surface area contributed by atoms with Gasteiger partial charge in [-0.3, -0.25) is 4.79 Å². The number of amides is 1. The number of aromatic nitrogens is 2. The summed E-state index contributed by atoms with van der Waals surface area (Å²) in [6, 6.07) is 9.64. The van der Waals surface area contributed by atoms with Crippen molar-refractivity contribution in [2.24, 2.45) is 0 Å². The predicted octanol–water partition coefficient (Wildman–Crippen LogP) is 4.29. The number of alkyl halides is 3. The second-order valence-electron chi connectivity index (χ2n) is 6.98. The molecule has 3 aromatic rings. The van der Waals surface area contributed by atoms with Crippen LogP contribution in [0.25, 0.3) is 11.5 Å². The summed E-state index contributed by atoms with van der Waals surface area (Å²) in [5.74, 6) is 1.11. The molecule has 31 heavy (non-hydrogen) atoms. The SMILES string of the molecule is COc1ccc(-c2nc(C3CC(=O)N(c4ccc(C(F)(F)F)cc4)C3)no2)cc1OC. The Hall–Kier alpha value is -3.56. The highest BCUT2D eigenvalue weighted by Gasteiger charge is 2.35. The smallest absolute Gasteiger partial charge is 0.416 e. The van der Waals surface area contributed by atoms with Gasteiger partial charge in [0.15, 0.2) is 17.3 Å². The van der Waals surface area contributed by atoms with Gasteiger partial charge in [-0.25, -0.2) is 0 Å². The fourth-order valence-electron chi connectivity index (χ4n) is 3.45. The van der Waals surface area contributed by atoms with Crippen molar-refractivity contribution in [1.29, 1.82) is 0 Å². The summed E-state index contributed by atoms with van der Waals surface area (Å²) in [7, 11) is 3.04. The van der Waals surface area contributed by atoms with Crippen LogP contribution in [0.3, 0.4) is 0 Å². The van der Waals surface area contributed by atoms with Crippen LogP contribution in [0.15, 0.2) is 47.0 Å². The van der Waals surface area contributed by atoms with Crippen LogP contribution in [0.5, 0.6) is 11.5 Å². The molecule has 1 aliphatic rings. The third kappa shape index (κ3) is 4.05. The van der Waals surface area contributed by atoms with E-state index >= 15 is 0 Å². The average molecular weight is 433 g/mol. The number of ether oxygens (including phenoxy) is 2. The molecule has 2 aromatic carbocycles. The van der Waals surface area contributed by atoms with Gasteiger partial charge < -0.3 is 18.9 Å². The normalized spacial score (nSPS) is 16.6. The monoisotopic (exact) mass is 433 g/mol. The largest absolute Gasteiger partial charge is 0.493 e. The molecule has 1 aromatic heterocycles. The molecule has 1 aliphatic heterocycles. The maximum atomic E-state index is 12.8. The number of carbonyl (C=O) groups is 1. The number of methoxy groups -OCH3 is 2. The summed E-state index contributed by atoms with van der Waals surface area (Å²) in [6.45, 7) is 0.245. The van der Waals surface area contributed by atoms with Crippen molar-refractivity contribution < 1.29 is 32.0 Å². The molecule has 1 atom stereocenters. The Labute approximate surface area is 175 Å². The lowest BCUT2D eigenvalue weighted by atomic mass is 10.1. The number of hydrogen-bond donors (Lipinski definition) is 0. The molecule has 0 radical (unpaired) electrons. The zero-order valence-electron chi connectivity index (χ0n) is 16.6. The summed E-state index contributed by atoms with van der Waals surface area (Å²) in [6.07, 6.45) is -4.30. The number of benzene rings is 2. The number of rotatable bonds is 5. The molecule has 0 aliphatic carbocycles. The minimum Gasteiger partial charge on any atom is -0.493 e. The van der Waals surface area contributed by atoms with Crippen LogP contribution in [-0.4, -0.2) is 36.8 Å². The summed E-state index contributed by atoms with van der Waals surface area (Å²) >= 11 is 0. The molecule has 4 rings (SSSR count). The van der Waals surface area contributed by atoms with Gasteiger partial charge in [-0.15, -0.1) is 0 Å². The van der Waals surface area contributed by atoms with E-state index in [0.717, 1.165) is 12.1 Å². The van der Waals surface area contributed by atoms with Gasteiger partial charge in [0, 0.05) is 30.1 Å². The van der Waals surface area contributed by atoms with Crippen molar-refractivity contribution >= 4 is 11.6 Å². The van der Waals surface area contributed by atoms with Crippen molar-refractivity contribution in [3.05, 3.63) is 53.9 Å². The molecule has 7 nitrogen and oxygen atoms in total. The Bertz CT molecular complexity index is 1100. The summed E-state index contributed by atoms with van der Waals surface area (Å²) in [5.41, 5.74) is 0.251. The van der Waals surface area contributed by atoms with Crippen molar-refractivity contribution in [2.45, 2.75) is 18.5 Å². The first-order chi connectivity index (χ1) is 14.8. The Morgan fingerprint density at radius 2 is 1.77 bits per heavy atom. The van der Waals surface area contributed by atoms with E-state index in [1.807, 2.05) is 0 Å². The van der Waals surface area contributed by atoms with Gasteiger partial charge in [0.05, 0.1) is 19.8 Å². The van der Waals surface area contributed by atoms with E-state index in [0.29, 0.717) is 28.6 Å². The topological polar surface area (TPSA) is 77.7 Å². The zero-order valence-corrected chi connectivity index (χ0v) is 16.6. The standard InChI is InChI=1S/C21H18F3N3O4/c1-29-16-8-3-12(9-17(16)30-2)20-25-19(26-31-20)13-10-18(28)27(11-13)15-6-4-14(5-7-15)21(22,23)24/h3-9,13H,10-11H2,1-2H3. The Morgan fingerprint density at radius 1 is 1.06 bits per heavy atom. The highest BCUT2D eigenvalue weighted by atomic mass is 19.4. The van der Waals surface area contributed by atoms with Crippen LogP contribution in [-0.2, 0) is 11.0 Å². The number of halogens is 3. The van der Waals surface area contributed by atoms with Crippen LogP contribution in [0.1, 0.15) is 23.7 Å². The molecule has 1 unspecified atom stereocenters. The van der Waals surface area contributed by atoms with E-state index in [-0.39, 0.29) is 30.7 Å². The van der Waals surface area contributed by atoms with Gasteiger partial charge >= 0.3 is 6.18 Å². The molecule has 0 N–H and O–H groups in total. The Balaban J connectivity index is 1.52. The molecule has 2 heterocycles. The van der Waals surface area contributed by atoms with Crippen LogP contribution in [0.2, 0.25) is 0 Å². The first-order valence-corrected chi connectivity index (χ1v) is 9.33. The van der Waals surface area contributed by atoms with Crippen molar-refractivity contribution in [3.8, 4) is 23.0 Å². The fourth-order valence-corrected chi connectivity index (χ4v) is 3.45. The van der Waals surface area contributed by atoms with Crippen LogP contribution in [0.4, 0.5) is 18.9 Å². The molecule has 1 saturated heterocycles. The highest BCUT2D eigenvalue weighted by Crippen LogP contribution is 2.35. The first-order valence-electron chi connectivity index (χ1n) is 9.33. The third-order valence-electron chi connectivity index (χ3n) is 5.07. The van der Waals surface area contributed by atoms with Gasteiger partial charge in [-0.05, 0) is 42.5 Å². The predicted molar refractivity (Wildman–Crippen MR) is 104 cm³/mol. The van der Waals surface area contributed by atoms with Crippen molar-refractivity contribution in [1.82, 2.24) is 10.1 Å². The second kappa shape index (κ2) is 7.93. The fraction of sp³-hybridized carbons (Fsp3) is 0.286. The van der Waals surface area contributed by atoms with Crippen LogP contribution >= 0.6 is 0 Å². The minimum atomic E-state index is -4.43. The number of carbonyl (C=O) groups excluding carboxylic acids is 1. The summed E-state index contributed by atoms with van der Waals surface area (Å²) in [5, 5.41) is 4.00. The van der Waals surface area contributed by atoms with Crippen molar-refractivity contribution in [3.63, 3.8) is 0 Å². The quantitative estimate of drug-likeness (QED) is 0.597. The van der Waals surface area contributed by atoms with Gasteiger partial charge in [0.25, 0.3) is 5.89 Å². The number of hydrogen-bond acceptors (Lipinski definition) is 6. The lowest BCUT2D eigenvalue weighted by molar-refractivity contribution is -0.137. The molecule has 0 saturated carbocycles. The van der Waals surface area contributed by atoms with E-state index < -0.39 is 11.7 Å². The van der Waals surface area contributed by atoms with Gasteiger partial charge in [0.2, 0.25) is 5.91 Å². The third-order valence-corrected chi connectivity index (χ3v) is 5.07. The average Bonchev–Trinajstić information content (AvgIpc) is 3.39. The molecule has 0 bridgehead atoms. The van der Waals surface area contributed by atoms with Gasteiger partial charge in [0.1, 0.15) is 0 Å². The van der Waals surface area contributed by atoms with E-state index in [1.54, 1.807) is 18.2 Å². The molecule has 1 fully saturated rings. The Morgan fingerprint density at radius 3 is 2.42 bits per heavy atom. The molecule has 1 amide bonds. The van der Waals surface area contributed by atoms with E-state index in [4.69, 9.17) is 14.0 Å².